The summed E-state index contributed by atoms with van der Waals surface area (Å²) in [5.41, 5.74) is 0.730. The number of phenols is 1. The molecule has 0 aliphatic rings. The lowest BCUT2D eigenvalue weighted by molar-refractivity contribution is -0.134. The van der Waals surface area contributed by atoms with Crippen molar-refractivity contribution in [2.75, 3.05) is 13.7 Å². The van der Waals surface area contributed by atoms with Crippen LogP contribution in [0.15, 0.2) is 72.8 Å². The third-order valence-electron chi connectivity index (χ3n) is 4.57. The molecule has 154 valence electrons. The van der Waals surface area contributed by atoms with E-state index < -0.39 is 47.5 Å². The highest BCUT2D eigenvalue weighted by Crippen LogP contribution is 2.27. The van der Waals surface area contributed by atoms with Gasteiger partial charge >= 0.3 is 5.97 Å². The Bertz CT molecular complexity index is 979. The summed E-state index contributed by atoms with van der Waals surface area (Å²) in [4.78, 5) is 26.2. The first-order valence-electron chi connectivity index (χ1n) is 9.09. The van der Waals surface area contributed by atoms with E-state index in [0.29, 0.717) is 12.1 Å². The zero-order valence-electron chi connectivity index (χ0n) is 16.1. The van der Waals surface area contributed by atoms with E-state index in [1.165, 1.54) is 4.90 Å². The molecule has 3 aromatic rings. The second-order valence-corrected chi connectivity index (χ2v) is 6.59. The van der Waals surface area contributed by atoms with Crippen LogP contribution in [0.5, 0.6) is 5.75 Å². The molecule has 30 heavy (non-hydrogen) atoms. The molecule has 1 amide bonds. The topological polar surface area (TPSA) is 66.8 Å². The number of hydrogen-bond acceptors (Lipinski definition) is 4. The number of carbonyl (C=O) groups excluding carboxylic acids is 2. The van der Waals surface area contributed by atoms with Crippen LogP contribution in [0.3, 0.4) is 0 Å². The number of phenolic OH excluding ortho intramolecular Hbond substituents is 1. The third-order valence-corrected chi connectivity index (χ3v) is 4.57. The molecule has 0 spiro atoms. The minimum Gasteiger partial charge on any atom is -0.508 e. The van der Waals surface area contributed by atoms with E-state index in [4.69, 9.17) is 4.74 Å². The van der Waals surface area contributed by atoms with Crippen LogP contribution in [0.1, 0.15) is 27.5 Å². The van der Waals surface area contributed by atoms with Crippen LogP contribution in [-0.2, 0) is 9.53 Å². The van der Waals surface area contributed by atoms with Crippen molar-refractivity contribution in [3.05, 3.63) is 101 Å². The summed E-state index contributed by atoms with van der Waals surface area (Å²) in [7, 11) is 1.56. The van der Waals surface area contributed by atoms with Crippen molar-refractivity contribution in [1.29, 1.82) is 0 Å². The quantitative estimate of drug-likeness (QED) is 0.621. The fraction of sp³-hybridized carbons (Fsp3) is 0.130. The predicted octanol–water partition coefficient (Wildman–Crippen LogP) is 4.08. The maximum absolute atomic E-state index is 13.8. The molecule has 7 heteroatoms. The third kappa shape index (κ3) is 4.63. The molecule has 0 fully saturated rings. The summed E-state index contributed by atoms with van der Waals surface area (Å²) >= 11 is 0. The largest absolute Gasteiger partial charge is 0.508 e. The average Bonchev–Trinajstić information content (AvgIpc) is 2.73. The minimum absolute atomic E-state index is 0.444. The molecule has 5 nitrogen and oxygen atoms in total. The SMILES string of the molecule is CN(C(=O)COC(=O)c1c(F)cc(O)cc1F)C(c1ccccc1)c1ccccc1. The molecule has 0 aliphatic carbocycles. The van der Waals surface area contributed by atoms with Gasteiger partial charge in [-0.05, 0) is 11.1 Å². The summed E-state index contributed by atoms with van der Waals surface area (Å²) in [6.45, 7) is -0.703. The monoisotopic (exact) mass is 411 g/mol. The van der Waals surface area contributed by atoms with E-state index in [2.05, 4.69) is 0 Å². The normalized spacial score (nSPS) is 10.7. The number of carbonyl (C=O) groups is 2. The van der Waals surface area contributed by atoms with E-state index in [9.17, 15) is 23.5 Å². The molecule has 0 heterocycles. The molecule has 0 saturated heterocycles. The molecule has 0 bridgehead atoms. The number of halogens is 2. The number of esters is 1. The van der Waals surface area contributed by atoms with Crippen molar-refractivity contribution in [2.24, 2.45) is 0 Å². The first kappa shape index (κ1) is 21.0. The zero-order chi connectivity index (χ0) is 21.7. The summed E-state index contributed by atoms with van der Waals surface area (Å²) in [5.74, 6) is -5.09. The Kier molecular flexibility index (Phi) is 6.41. The number of hydrogen-bond donors (Lipinski definition) is 1. The van der Waals surface area contributed by atoms with Crippen LogP contribution in [-0.4, -0.2) is 35.5 Å². The summed E-state index contributed by atoms with van der Waals surface area (Å²) in [6.07, 6.45) is 0. The van der Waals surface area contributed by atoms with Gasteiger partial charge in [0.15, 0.2) is 6.61 Å². The highest BCUT2D eigenvalue weighted by molar-refractivity contribution is 5.92. The van der Waals surface area contributed by atoms with Gasteiger partial charge in [-0.25, -0.2) is 13.6 Å². The number of aromatic hydroxyl groups is 1. The molecule has 0 radical (unpaired) electrons. The Morgan fingerprint density at radius 1 is 0.933 bits per heavy atom. The highest BCUT2D eigenvalue weighted by Gasteiger charge is 2.26. The average molecular weight is 411 g/mol. The fourth-order valence-electron chi connectivity index (χ4n) is 3.11. The van der Waals surface area contributed by atoms with Crippen molar-refractivity contribution < 1.29 is 28.2 Å². The number of benzene rings is 3. The van der Waals surface area contributed by atoms with E-state index in [1.807, 2.05) is 60.7 Å². The first-order valence-corrected chi connectivity index (χ1v) is 9.09. The molecule has 3 rings (SSSR count). The predicted molar refractivity (Wildman–Crippen MR) is 106 cm³/mol. The number of amides is 1. The Morgan fingerprint density at radius 2 is 1.40 bits per heavy atom. The van der Waals surface area contributed by atoms with Crippen molar-refractivity contribution in [3.8, 4) is 5.75 Å². The van der Waals surface area contributed by atoms with Gasteiger partial charge in [0.25, 0.3) is 5.91 Å². The molecule has 0 saturated carbocycles. The van der Waals surface area contributed by atoms with Crippen molar-refractivity contribution in [3.63, 3.8) is 0 Å². The lowest BCUT2D eigenvalue weighted by Crippen LogP contribution is -2.35. The molecule has 3 aromatic carbocycles. The lowest BCUT2D eigenvalue weighted by Gasteiger charge is -2.29. The molecule has 1 N–H and O–H groups in total. The van der Waals surface area contributed by atoms with Gasteiger partial charge in [0.2, 0.25) is 0 Å². The van der Waals surface area contributed by atoms with Gasteiger partial charge in [-0.2, -0.15) is 0 Å². The van der Waals surface area contributed by atoms with E-state index >= 15 is 0 Å². The van der Waals surface area contributed by atoms with Gasteiger partial charge in [0.05, 0.1) is 6.04 Å². The van der Waals surface area contributed by atoms with Crippen LogP contribution in [0.25, 0.3) is 0 Å². The van der Waals surface area contributed by atoms with E-state index in [1.54, 1.807) is 7.05 Å². The zero-order valence-corrected chi connectivity index (χ0v) is 16.1. The molecule has 0 atom stereocenters. The molecule has 0 aromatic heterocycles. The Morgan fingerprint density at radius 3 is 1.87 bits per heavy atom. The maximum Gasteiger partial charge on any atom is 0.344 e. The standard InChI is InChI=1S/C23H19F2NO4/c1-26(22(15-8-4-2-5-9-15)16-10-6-3-7-11-16)20(28)14-30-23(29)21-18(24)12-17(27)13-19(21)25/h2-13,22,27H,14H2,1H3. The highest BCUT2D eigenvalue weighted by atomic mass is 19.1. The van der Waals surface area contributed by atoms with Crippen LogP contribution >= 0.6 is 0 Å². The summed E-state index contributed by atoms with van der Waals surface area (Å²) in [6, 6.07) is 19.3. The van der Waals surface area contributed by atoms with Gasteiger partial charge in [-0.1, -0.05) is 60.7 Å². The van der Waals surface area contributed by atoms with Gasteiger partial charge in [0.1, 0.15) is 22.9 Å². The maximum atomic E-state index is 13.8. The van der Waals surface area contributed by atoms with Gasteiger partial charge in [-0.3, -0.25) is 4.79 Å². The lowest BCUT2D eigenvalue weighted by atomic mass is 9.97. The van der Waals surface area contributed by atoms with E-state index in [-0.39, 0.29) is 0 Å². The van der Waals surface area contributed by atoms with Crippen LogP contribution in [0.4, 0.5) is 8.78 Å². The number of likely N-dealkylation sites (N-methyl/N-ethyl adjacent to an activating group) is 1. The summed E-state index contributed by atoms with van der Waals surface area (Å²) in [5, 5.41) is 9.18. The minimum atomic E-state index is -1.33. The van der Waals surface area contributed by atoms with Gasteiger partial charge in [-0.15, -0.1) is 0 Å². The Hall–Kier alpha value is -3.74. The first-order chi connectivity index (χ1) is 14.4. The number of ether oxygens (including phenoxy) is 1. The van der Waals surface area contributed by atoms with Gasteiger partial charge in [0, 0.05) is 19.2 Å². The second kappa shape index (κ2) is 9.17. The number of nitrogens with zero attached hydrogens (tertiary/aromatic N) is 1. The molecular formula is C23H19F2NO4. The van der Waals surface area contributed by atoms with Crippen molar-refractivity contribution >= 4 is 11.9 Å². The molecule has 0 aliphatic heterocycles. The van der Waals surface area contributed by atoms with Crippen LogP contribution < -0.4 is 0 Å². The van der Waals surface area contributed by atoms with Crippen molar-refractivity contribution in [2.45, 2.75) is 6.04 Å². The van der Waals surface area contributed by atoms with Gasteiger partial charge < -0.3 is 14.7 Å². The van der Waals surface area contributed by atoms with Crippen LogP contribution in [0, 0.1) is 11.6 Å². The number of rotatable bonds is 6. The van der Waals surface area contributed by atoms with E-state index in [0.717, 1.165) is 11.1 Å². The Labute approximate surface area is 172 Å². The van der Waals surface area contributed by atoms with Crippen LogP contribution in [0.2, 0.25) is 0 Å². The molecular weight excluding hydrogens is 392 g/mol. The summed E-state index contributed by atoms with van der Waals surface area (Å²) < 4.78 is 32.5. The smallest absolute Gasteiger partial charge is 0.344 e. The molecule has 0 unspecified atom stereocenters. The Balaban J connectivity index is 1.77. The fourth-order valence-corrected chi connectivity index (χ4v) is 3.11. The van der Waals surface area contributed by atoms with Crippen molar-refractivity contribution in [1.82, 2.24) is 4.90 Å². The second-order valence-electron chi connectivity index (χ2n) is 6.59.